The van der Waals surface area contributed by atoms with Crippen molar-refractivity contribution in [1.29, 1.82) is 0 Å². The minimum atomic E-state index is -0.00903. The molecule has 0 spiro atoms. The normalized spacial score (nSPS) is 17.7. The van der Waals surface area contributed by atoms with Gasteiger partial charge in [0.1, 0.15) is 4.34 Å². The van der Waals surface area contributed by atoms with Gasteiger partial charge in [0.2, 0.25) is 0 Å². The molecule has 1 aliphatic rings. The third-order valence-electron chi connectivity index (χ3n) is 2.25. The minimum absolute atomic E-state index is 0. The zero-order chi connectivity index (χ0) is 11.5. The van der Waals surface area contributed by atoms with Gasteiger partial charge in [0, 0.05) is 43.8 Å². The maximum absolute atomic E-state index is 9.73. The van der Waals surface area contributed by atoms with Crippen molar-refractivity contribution in [2.24, 2.45) is 0 Å². The molecule has 3 nitrogen and oxygen atoms in total. The zero-order valence-electron chi connectivity index (χ0n) is 9.76. The summed E-state index contributed by atoms with van der Waals surface area (Å²) in [6.07, 6.45) is 5.11. The fraction of sp³-hybridized carbons (Fsp3) is 0.500. The molecule has 0 aliphatic carbocycles. The Balaban J connectivity index is 0.00000144. The molecule has 0 amide bonds. The van der Waals surface area contributed by atoms with E-state index in [0.29, 0.717) is 5.17 Å². The van der Waals surface area contributed by atoms with Crippen molar-refractivity contribution in [1.82, 2.24) is 9.88 Å². The summed E-state index contributed by atoms with van der Waals surface area (Å²) >= 11 is 3.23. The van der Waals surface area contributed by atoms with Gasteiger partial charge in [-0.1, -0.05) is 5.87 Å². The van der Waals surface area contributed by atoms with Crippen LogP contribution in [-0.2, 0) is 39.3 Å². The van der Waals surface area contributed by atoms with Crippen LogP contribution in [0.2, 0.25) is 0 Å². The number of rotatable bonds is 3. The second kappa shape index (κ2) is 7.38. The second-order valence-electron chi connectivity index (χ2n) is 3.64. The molecule has 0 bridgehead atoms. The van der Waals surface area contributed by atoms with E-state index < -0.39 is 0 Å². The average molecular weight is 361 g/mol. The van der Waals surface area contributed by atoms with Crippen LogP contribution in [0.5, 0.6) is 0 Å². The number of aromatic nitrogens is 1. The van der Waals surface area contributed by atoms with Crippen LogP contribution in [0, 0.1) is 0 Å². The molecule has 1 aromatic rings. The molecule has 0 aromatic carbocycles. The smallest absolute Gasteiger partial charge is 0.143 e. The zero-order valence-corrected chi connectivity index (χ0v) is 15.0. The Kier molecular flexibility index (Phi) is 6.88. The Hall–Kier alpha value is 0.774. The van der Waals surface area contributed by atoms with Crippen LogP contribution < -0.4 is 0 Å². The van der Waals surface area contributed by atoms with E-state index in [1.165, 1.54) is 16.6 Å². The summed E-state index contributed by atoms with van der Waals surface area (Å²) in [5, 5.41) is 10.2. The average Bonchev–Trinajstić information content (AvgIpc) is 2.70. The number of hydrogen-bond donors (Lipinski definition) is 0. The first-order valence-electron chi connectivity index (χ1n) is 5.01. The minimum Gasteiger partial charge on any atom is -0.459 e. The number of hydrogen-bond acceptors (Lipinski definition) is 3. The summed E-state index contributed by atoms with van der Waals surface area (Å²) < 4.78 is 1.10. The van der Waals surface area contributed by atoms with Crippen molar-refractivity contribution >= 4 is 44.6 Å². The van der Waals surface area contributed by atoms with Crippen LogP contribution in [0.4, 0.5) is 0 Å². The van der Waals surface area contributed by atoms with E-state index in [9.17, 15) is 5.41 Å². The first-order chi connectivity index (χ1) is 7.66. The van der Waals surface area contributed by atoms with E-state index in [-0.39, 0.29) is 43.2 Å². The molecule has 91 valence electrons. The third-order valence-corrected chi connectivity index (χ3v) is 5.84. The Labute approximate surface area is 138 Å². The summed E-state index contributed by atoms with van der Waals surface area (Å²) in [5.74, 6) is 5.01. The molecule has 1 saturated heterocycles. The van der Waals surface area contributed by atoms with Crippen molar-refractivity contribution in [3.8, 4) is 0 Å². The maximum atomic E-state index is 9.73. The molecule has 0 saturated carbocycles. The van der Waals surface area contributed by atoms with Gasteiger partial charge in [-0.25, -0.2) is 4.98 Å². The Morgan fingerprint density at radius 3 is 3.00 bits per heavy atom. The number of thioether (sulfide) groups is 1. The first kappa shape index (κ1) is 15.8. The van der Waals surface area contributed by atoms with Crippen LogP contribution in [0.1, 0.15) is 11.3 Å². The van der Waals surface area contributed by atoms with Crippen molar-refractivity contribution in [2.75, 3.05) is 18.6 Å². The van der Waals surface area contributed by atoms with E-state index in [1.807, 2.05) is 11.1 Å². The standard InChI is InChI=1S/C10H14N3S3.Y/c1-16(2)10-12-6-8(15-10)7-13-4-3-5-14-9(13)11;/h6H,1,3-5,7H2,2H3;/q-1;. The van der Waals surface area contributed by atoms with Crippen LogP contribution >= 0.6 is 33.6 Å². The van der Waals surface area contributed by atoms with Gasteiger partial charge in [-0.05, 0) is 36.7 Å². The van der Waals surface area contributed by atoms with E-state index in [4.69, 9.17) is 0 Å². The van der Waals surface area contributed by atoms with E-state index in [0.717, 1.165) is 29.6 Å². The maximum Gasteiger partial charge on any atom is 0.143 e. The molecule has 1 radical (unpaired) electrons. The van der Waals surface area contributed by atoms with Gasteiger partial charge in [-0.3, -0.25) is 0 Å². The van der Waals surface area contributed by atoms with Crippen LogP contribution in [0.15, 0.2) is 10.5 Å². The number of amidine groups is 1. The molecule has 17 heavy (non-hydrogen) atoms. The van der Waals surface area contributed by atoms with Gasteiger partial charge >= 0.3 is 0 Å². The van der Waals surface area contributed by atoms with Crippen molar-refractivity contribution in [2.45, 2.75) is 17.3 Å². The van der Waals surface area contributed by atoms with Crippen molar-refractivity contribution < 1.29 is 32.7 Å². The first-order valence-corrected chi connectivity index (χ1v) is 8.61. The third kappa shape index (κ3) is 4.42. The predicted octanol–water partition coefficient (Wildman–Crippen LogP) is 2.69. The summed E-state index contributed by atoms with van der Waals surface area (Å²) in [6.45, 7) is 1.71. The van der Waals surface area contributed by atoms with Crippen LogP contribution in [0.3, 0.4) is 0 Å². The molecule has 1 fully saturated rings. The van der Waals surface area contributed by atoms with Crippen molar-refractivity contribution in [3.63, 3.8) is 0 Å². The number of thiazole rings is 1. The predicted molar refractivity (Wildman–Crippen MR) is 76.9 cm³/mol. The van der Waals surface area contributed by atoms with E-state index in [2.05, 4.69) is 17.1 Å². The largest absolute Gasteiger partial charge is 0.459 e. The van der Waals surface area contributed by atoms with Gasteiger partial charge in [-0.15, -0.1) is 33.6 Å². The summed E-state index contributed by atoms with van der Waals surface area (Å²) in [7, 11) is -0.00903. The SMILES string of the molecule is C=S(C)c1ncc(CN2CCCSC2=[N-])s1.[Y]. The summed E-state index contributed by atoms with van der Waals surface area (Å²) in [4.78, 5) is 7.57. The monoisotopic (exact) mass is 361 g/mol. The van der Waals surface area contributed by atoms with Crippen LogP contribution in [0.25, 0.3) is 5.41 Å². The molecule has 1 aliphatic heterocycles. The van der Waals surface area contributed by atoms with E-state index in [1.54, 1.807) is 11.3 Å². The Bertz CT molecular complexity index is 419. The molecular weight excluding hydrogens is 347 g/mol. The fourth-order valence-electron chi connectivity index (χ4n) is 1.46. The summed E-state index contributed by atoms with van der Waals surface area (Å²) in [6, 6.07) is 0. The van der Waals surface area contributed by atoms with Crippen molar-refractivity contribution in [3.05, 3.63) is 16.5 Å². The molecule has 1 aromatic heterocycles. The molecule has 1 unspecified atom stereocenters. The van der Waals surface area contributed by atoms with Gasteiger partial charge in [-0.2, -0.15) is 0 Å². The quantitative estimate of drug-likeness (QED) is 0.777. The van der Waals surface area contributed by atoms with Gasteiger partial charge < -0.3 is 10.3 Å². The molecule has 1 atom stereocenters. The van der Waals surface area contributed by atoms with Crippen LogP contribution in [-0.4, -0.2) is 39.5 Å². The molecular formula is C10H14N3S3Y-. The molecule has 0 N–H and O–H groups in total. The molecule has 2 heterocycles. The Morgan fingerprint density at radius 2 is 2.41 bits per heavy atom. The second-order valence-corrected chi connectivity index (χ2v) is 7.73. The summed E-state index contributed by atoms with van der Waals surface area (Å²) in [5.41, 5.74) is 0. The Morgan fingerprint density at radius 1 is 1.65 bits per heavy atom. The fourth-order valence-corrected chi connectivity index (χ4v) is 4.04. The van der Waals surface area contributed by atoms with Gasteiger partial charge in [0.15, 0.2) is 0 Å². The molecule has 7 heteroatoms. The van der Waals surface area contributed by atoms with Gasteiger partial charge in [0.05, 0.1) is 0 Å². The van der Waals surface area contributed by atoms with Gasteiger partial charge in [0.25, 0.3) is 0 Å². The number of nitrogens with zero attached hydrogens (tertiary/aromatic N) is 3. The topological polar surface area (TPSA) is 38.4 Å². The van der Waals surface area contributed by atoms with E-state index >= 15 is 0 Å². The molecule has 2 rings (SSSR count).